The number of amides is 1. The number of nitrogens with zero attached hydrogens (tertiary/aromatic N) is 2. The number of piperazine rings is 1. The number of rotatable bonds is 5. The lowest BCUT2D eigenvalue weighted by molar-refractivity contribution is 0.0598. The van der Waals surface area contributed by atoms with E-state index in [2.05, 4.69) is 23.7 Å². The molecule has 0 atom stereocenters. The van der Waals surface area contributed by atoms with E-state index in [1.165, 1.54) is 7.11 Å². The van der Waals surface area contributed by atoms with E-state index in [9.17, 15) is 9.59 Å². The third kappa shape index (κ3) is 3.80. The molecule has 6 heteroatoms. The van der Waals surface area contributed by atoms with Crippen LogP contribution in [0, 0.1) is 12.8 Å². The second-order valence-electron chi connectivity index (χ2n) is 6.81. The van der Waals surface area contributed by atoms with Gasteiger partial charge in [0.25, 0.3) is 5.91 Å². The molecule has 0 radical (unpaired) electrons. The van der Waals surface area contributed by atoms with Gasteiger partial charge in [-0.2, -0.15) is 0 Å². The quantitative estimate of drug-likeness (QED) is 0.837. The second-order valence-corrected chi connectivity index (χ2v) is 6.81. The highest BCUT2D eigenvalue weighted by molar-refractivity contribution is 6.00. The predicted molar refractivity (Wildman–Crippen MR) is 93.4 cm³/mol. The molecule has 2 rings (SSSR count). The molecule has 24 heavy (non-hydrogen) atoms. The second kappa shape index (κ2) is 7.83. The lowest BCUT2D eigenvalue weighted by atomic mass is 10.1. The van der Waals surface area contributed by atoms with Crippen LogP contribution in [0.15, 0.2) is 0 Å². The number of carbonyl (C=O) groups is 2. The lowest BCUT2D eigenvalue weighted by Crippen LogP contribution is -2.49. The highest BCUT2D eigenvalue weighted by Crippen LogP contribution is 2.22. The molecule has 0 saturated carbocycles. The van der Waals surface area contributed by atoms with E-state index >= 15 is 0 Å². The third-order valence-electron chi connectivity index (χ3n) is 4.57. The van der Waals surface area contributed by atoms with E-state index in [1.54, 1.807) is 0 Å². The van der Waals surface area contributed by atoms with Crippen LogP contribution in [0.5, 0.6) is 0 Å². The third-order valence-corrected chi connectivity index (χ3v) is 4.57. The Morgan fingerprint density at radius 1 is 1.21 bits per heavy atom. The zero-order chi connectivity index (χ0) is 17.9. The van der Waals surface area contributed by atoms with Crippen molar-refractivity contribution in [2.45, 2.75) is 34.1 Å². The summed E-state index contributed by atoms with van der Waals surface area (Å²) >= 11 is 0. The Kier molecular flexibility index (Phi) is 6.04. The van der Waals surface area contributed by atoms with Crippen molar-refractivity contribution in [2.75, 3.05) is 39.8 Å². The summed E-state index contributed by atoms with van der Waals surface area (Å²) in [6.45, 7) is 12.5. The molecule has 0 unspecified atom stereocenters. The summed E-state index contributed by atoms with van der Waals surface area (Å²) < 4.78 is 4.86. The average molecular weight is 335 g/mol. The first-order valence-electron chi connectivity index (χ1n) is 8.70. The van der Waals surface area contributed by atoms with Crippen LogP contribution < -0.4 is 0 Å². The Labute approximate surface area is 144 Å². The number of esters is 1. The largest absolute Gasteiger partial charge is 0.465 e. The fourth-order valence-corrected chi connectivity index (χ4v) is 3.32. The summed E-state index contributed by atoms with van der Waals surface area (Å²) in [6.07, 6.45) is 0.653. The van der Waals surface area contributed by atoms with E-state index in [0.29, 0.717) is 29.2 Å². The minimum atomic E-state index is -0.388. The van der Waals surface area contributed by atoms with Gasteiger partial charge < -0.3 is 14.6 Å². The molecule has 1 saturated heterocycles. The Bertz CT molecular complexity index is 599. The van der Waals surface area contributed by atoms with Crippen LogP contribution in [-0.4, -0.2) is 66.5 Å². The number of aromatic amines is 1. The van der Waals surface area contributed by atoms with Gasteiger partial charge in [-0.1, -0.05) is 20.8 Å². The van der Waals surface area contributed by atoms with Gasteiger partial charge >= 0.3 is 5.97 Å². The van der Waals surface area contributed by atoms with Crippen molar-refractivity contribution in [3.05, 3.63) is 22.5 Å². The zero-order valence-electron chi connectivity index (χ0n) is 15.4. The molecule has 1 aliphatic rings. The molecule has 1 amide bonds. The van der Waals surface area contributed by atoms with Gasteiger partial charge in [-0.25, -0.2) is 4.79 Å². The monoisotopic (exact) mass is 335 g/mol. The first kappa shape index (κ1) is 18.5. The number of aromatic nitrogens is 1. The molecule has 1 aliphatic heterocycles. The Balaban J connectivity index is 2.14. The van der Waals surface area contributed by atoms with Crippen molar-refractivity contribution in [3.63, 3.8) is 0 Å². The molecule has 134 valence electrons. The number of ether oxygens (including phenoxy) is 1. The molecular formula is C18H29N3O3. The number of hydrogen-bond acceptors (Lipinski definition) is 4. The van der Waals surface area contributed by atoms with Gasteiger partial charge in [-0.3, -0.25) is 9.69 Å². The van der Waals surface area contributed by atoms with E-state index < -0.39 is 0 Å². The van der Waals surface area contributed by atoms with Crippen molar-refractivity contribution in [2.24, 2.45) is 5.92 Å². The number of aryl methyl sites for hydroxylation is 1. The first-order valence-corrected chi connectivity index (χ1v) is 8.70. The van der Waals surface area contributed by atoms with Gasteiger partial charge in [-0.05, 0) is 24.8 Å². The summed E-state index contributed by atoms with van der Waals surface area (Å²) in [4.78, 5) is 32.3. The molecular weight excluding hydrogens is 306 g/mol. The summed E-state index contributed by atoms with van der Waals surface area (Å²) in [5.74, 6) is 0.218. The van der Waals surface area contributed by atoms with Crippen LogP contribution in [0.2, 0.25) is 0 Å². The molecule has 1 aromatic heterocycles. The van der Waals surface area contributed by atoms with Gasteiger partial charge in [0, 0.05) is 38.4 Å². The maximum absolute atomic E-state index is 12.9. The Hall–Kier alpha value is -1.82. The van der Waals surface area contributed by atoms with Crippen LogP contribution in [0.3, 0.4) is 0 Å². The molecule has 1 fully saturated rings. The Morgan fingerprint density at radius 2 is 1.83 bits per heavy atom. The predicted octanol–water partition coefficient (Wildman–Crippen LogP) is 2.09. The molecule has 0 bridgehead atoms. The number of hydrogen-bond donors (Lipinski definition) is 1. The van der Waals surface area contributed by atoms with E-state index in [-0.39, 0.29) is 11.9 Å². The summed E-state index contributed by atoms with van der Waals surface area (Å²) in [5, 5.41) is 0. The maximum atomic E-state index is 12.9. The van der Waals surface area contributed by atoms with E-state index in [4.69, 9.17) is 4.74 Å². The standard InChI is InChI=1S/C18H29N3O3/c1-6-14-15(18(23)24-5)13(4)16(19-14)17(22)21-9-7-20(8-10-21)11-12(2)3/h12,19H,6-11H2,1-5H3. The average Bonchev–Trinajstić information content (AvgIpc) is 2.90. The normalized spacial score (nSPS) is 15.8. The molecule has 1 N–H and O–H groups in total. The SMILES string of the molecule is CCc1[nH]c(C(=O)N2CCN(CC(C)C)CC2)c(C)c1C(=O)OC. The van der Waals surface area contributed by atoms with Crippen molar-refractivity contribution in [3.8, 4) is 0 Å². The van der Waals surface area contributed by atoms with Crippen molar-refractivity contribution in [1.29, 1.82) is 0 Å². The number of nitrogens with one attached hydrogen (secondary N) is 1. The van der Waals surface area contributed by atoms with Crippen LogP contribution >= 0.6 is 0 Å². The van der Waals surface area contributed by atoms with Gasteiger partial charge in [0.15, 0.2) is 0 Å². The highest BCUT2D eigenvalue weighted by atomic mass is 16.5. The summed E-state index contributed by atoms with van der Waals surface area (Å²) in [7, 11) is 1.36. The lowest BCUT2D eigenvalue weighted by Gasteiger charge is -2.35. The van der Waals surface area contributed by atoms with Crippen LogP contribution in [0.4, 0.5) is 0 Å². The van der Waals surface area contributed by atoms with E-state index in [1.807, 2.05) is 18.7 Å². The molecule has 1 aromatic rings. The van der Waals surface area contributed by atoms with Crippen molar-refractivity contribution >= 4 is 11.9 Å². The molecule has 0 aliphatic carbocycles. The minimum absolute atomic E-state index is 0.0263. The number of methoxy groups -OCH3 is 1. The fraction of sp³-hybridized carbons (Fsp3) is 0.667. The minimum Gasteiger partial charge on any atom is -0.465 e. The van der Waals surface area contributed by atoms with Crippen LogP contribution in [-0.2, 0) is 11.2 Å². The summed E-state index contributed by atoms with van der Waals surface area (Å²) in [5.41, 5.74) is 2.47. The van der Waals surface area contributed by atoms with Gasteiger partial charge in [0.2, 0.25) is 0 Å². The highest BCUT2D eigenvalue weighted by Gasteiger charge is 2.28. The number of H-pyrrole nitrogens is 1. The van der Waals surface area contributed by atoms with Crippen molar-refractivity contribution < 1.29 is 14.3 Å². The van der Waals surface area contributed by atoms with Crippen LogP contribution in [0.25, 0.3) is 0 Å². The molecule has 2 heterocycles. The van der Waals surface area contributed by atoms with Gasteiger partial charge in [0.05, 0.1) is 12.7 Å². The van der Waals surface area contributed by atoms with E-state index in [0.717, 1.165) is 38.4 Å². The fourth-order valence-electron chi connectivity index (χ4n) is 3.32. The molecule has 0 aromatic carbocycles. The number of carbonyl (C=O) groups excluding carboxylic acids is 2. The first-order chi connectivity index (χ1) is 11.4. The zero-order valence-corrected chi connectivity index (χ0v) is 15.4. The van der Waals surface area contributed by atoms with Gasteiger partial charge in [-0.15, -0.1) is 0 Å². The smallest absolute Gasteiger partial charge is 0.339 e. The maximum Gasteiger partial charge on any atom is 0.339 e. The van der Waals surface area contributed by atoms with Crippen LogP contribution in [0.1, 0.15) is 52.9 Å². The topological polar surface area (TPSA) is 65.6 Å². The Morgan fingerprint density at radius 3 is 2.33 bits per heavy atom. The molecule has 6 nitrogen and oxygen atoms in total. The molecule has 0 spiro atoms. The summed E-state index contributed by atoms with van der Waals surface area (Å²) in [6, 6.07) is 0. The van der Waals surface area contributed by atoms with Gasteiger partial charge in [0.1, 0.15) is 5.69 Å². The van der Waals surface area contributed by atoms with Crippen molar-refractivity contribution in [1.82, 2.24) is 14.8 Å².